The Labute approximate surface area is 152 Å². The van der Waals surface area contributed by atoms with E-state index in [1.165, 1.54) is 18.2 Å². The minimum atomic E-state index is -0.409. The number of hydrogen-bond donors (Lipinski definition) is 1. The molecule has 0 bridgehead atoms. The third-order valence-corrected chi connectivity index (χ3v) is 4.43. The highest BCUT2D eigenvalue weighted by atomic mass is 79.9. The molecule has 0 aliphatic carbocycles. The molecule has 1 amide bonds. The normalized spacial score (nSPS) is 13.3. The standard InChI is InChI=1S/C17H14BrClFNO3/c18-13-8-11(20)2-3-12(13)17(22)21-9-10-6-14(19)16-15(7-10)23-4-1-5-24-16/h2-3,6-8H,1,4-5,9H2,(H,21,22). The highest BCUT2D eigenvalue weighted by molar-refractivity contribution is 9.10. The first-order chi connectivity index (χ1) is 11.5. The summed E-state index contributed by atoms with van der Waals surface area (Å²) in [7, 11) is 0. The summed E-state index contributed by atoms with van der Waals surface area (Å²) in [6.07, 6.45) is 0.787. The van der Waals surface area contributed by atoms with E-state index >= 15 is 0 Å². The van der Waals surface area contributed by atoms with Crippen LogP contribution in [0.2, 0.25) is 5.02 Å². The van der Waals surface area contributed by atoms with Gasteiger partial charge in [0.2, 0.25) is 0 Å². The molecule has 1 aliphatic heterocycles. The van der Waals surface area contributed by atoms with Gasteiger partial charge in [0.1, 0.15) is 5.82 Å². The van der Waals surface area contributed by atoms with Crippen LogP contribution in [-0.4, -0.2) is 19.1 Å². The van der Waals surface area contributed by atoms with Gasteiger partial charge in [0.25, 0.3) is 5.91 Å². The summed E-state index contributed by atoms with van der Waals surface area (Å²) in [4.78, 5) is 12.2. The maximum atomic E-state index is 13.1. The molecule has 0 atom stereocenters. The van der Waals surface area contributed by atoms with Crippen LogP contribution in [-0.2, 0) is 6.54 Å². The first kappa shape index (κ1) is 17.0. The summed E-state index contributed by atoms with van der Waals surface area (Å²) in [6.45, 7) is 1.38. The van der Waals surface area contributed by atoms with E-state index in [0.29, 0.717) is 39.8 Å². The van der Waals surface area contributed by atoms with Crippen LogP contribution in [0.5, 0.6) is 11.5 Å². The van der Waals surface area contributed by atoms with Gasteiger partial charge in [-0.1, -0.05) is 11.6 Å². The molecule has 0 radical (unpaired) electrons. The summed E-state index contributed by atoms with van der Waals surface area (Å²) < 4.78 is 24.7. The van der Waals surface area contributed by atoms with Crippen molar-refractivity contribution in [3.05, 3.63) is 56.8 Å². The third-order valence-electron chi connectivity index (χ3n) is 3.49. The van der Waals surface area contributed by atoms with Crippen molar-refractivity contribution in [2.45, 2.75) is 13.0 Å². The second-order valence-electron chi connectivity index (χ2n) is 5.26. The van der Waals surface area contributed by atoms with Gasteiger partial charge in [-0.25, -0.2) is 4.39 Å². The minimum Gasteiger partial charge on any atom is -0.489 e. The zero-order valence-electron chi connectivity index (χ0n) is 12.6. The Kier molecular flexibility index (Phi) is 5.26. The third kappa shape index (κ3) is 3.82. The molecule has 0 fully saturated rings. The summed E-state index contributed by atoms with van der Waals surface area (Å²) in [5, 5.41) is 3.22. The van der Waals surface area contributed by atoms with Gasteiger partial charge in [0, 0.05) is 17.4 Å². The van der Waals surface area contributed by atoms with Crippen LogP contribution in [0.1, 0.15) is 22.3 Å². The molecule has 1 aliphatic rings. The predicted octanol–water partition coefficient (Wildman–Crippen LogP) is 4.33. The minimum absolute atomic E-state index is 0.263. The lowest BCUT2D eigenvalue weighted by Crippen LogP contribution is -2.23. The molecule has 24 heavy (non-hydrogen) atoms. The highest BCUT2D eigenvalue weighted by Crippen LogP contribution is 2.38. The first-order valence-electron chi connectivity index (χ1n) is 7.36. The highest BCUT2D eigenvalue weighted by Gasteiger charge is 2.16. The molecule has 0 unspecified atom stereocenters. The number of hydrogen-bond acceptors (Lipinski definition) is 3. The lowest BCUT2D eigenvalue weighted by atomic mass is 10.1. The summed E-state index contributed by atoms with van der Waals surface area (Å²) in [5.74, 6) is 0.385. The van der Waals surface area contributed by atoms with Crippen LogP contribution < -0.4 is 14.8 Å². The van der Waals surface area contributed by atoms with E-state index < -0.39 is 5.82 Å². The molecule has 7 heteroatoms. The van der Waals surface area contributed by atoms with E-state index in [4.69, 9.17) is 21.1 Å². The Morgan fingerprint density at radius 3 is 2.83 bits per heavy atom. The number of fused-ring (bicyclic) bond motifs is 1. The lowest BCUT2D eigenvalue weighted by Gasteiger charge is -2.12. The zero-order chi connectivity index (χ0) is 17.1. The SMILES string of the molecule is O=C(NCc1cc(Cl)c2c(c1)OCCCO2)c1ccc(F)cc1Br. The molecule has 0 aromatic heterocycles. The lowest BCUT2D eigenvalue weighted by molar-refractivity contribution is 0.0950. The van der Waals surface area contributed by atoms with Crippen molar-refractivity contribution >= 4 is 33.4 Å². The van der Waals surface area contributed by atoms with E-state index in [9.17, 15) is 9.18 Å². The van der Waals surface area contributed by atoms with Crippen LogP contribution in [0, 0.1) is 5.82 Å². The van der Waals surface area contributed by atoms with Gasteiger partial charge in [-0.05, 0) is 51.8 Å². The van der Waals surface area contributed by atoms with E-state index in [1.807, 2.05) is 0 Å². The number of carbonyl (C=O) groups is 1. The first-order valence-corrected chi connectivity index (χ1v) is 8.53. The average molecular weight is 415 g/mol. The Balaban J connectivity index is 1.73. The van der Waals surface area contributed by atoms with Gasteiger partial charge in [0.05, 0.1) is 23.8 Å². The number of ether oxygens (including phenoxy) is 2. The van der Waals surface area contributed by atoms with Gasteiger partial charge >= 0.3 is 0 Å². The van der Waals surface area contributed by atoms with E-state index in [2.05, 4.69) is 21.2 Å². The number of nitrogens with one attached hydrogen (secondary N) is 1. The van der Waals surface area contributed by atoms with Gasteiger partial charge in [0.15, 0.2) is 11.5 Å². The molecule has 1 heterocycles. The fraction of sp³-hybridized carbons (Fsp3) is 0.235. The number of benzene rings is 2. The smallest absolute Gasteiger partial charge is 0.252 e. The Morgan fingerprint density at radius 2 is 2.04 bits per heavy atom. The number of carbonyl (C=O) groups excluding carboxylic acids is 1. The molecule has 0 saturated heterocycles. The second kappa shape index (κ2) is 7.40. The number of rotatable bonds is 3. The van der Waals surface area contributed by atoms with Gasteiger partial charge in [-0.2, -0.15) is 0 Å². The van der Waals surface area contributed by atoms with Crippen molar-refractivity contribution in [3.63, 3.8) is 0 Å². The number of halogens is 3. The van der Waals surface area contributed by atoms with E-state index in [1.54, 1.807) is 12.1 Å². The van der Waals surface area contributed by atoms with Crippen molar-refractivity contribution < 1.29 is 18.7 Å². The molecular weight excluding hydrogens is 401 g/mol. The predicted molar refractivity (Wildman–Crippen MR) is 92.3 cm³/mol. The second-order valence-corrected chi connectivity index (χ2v) is 6.52. The van der Waals surface area contributed by atoms with Crippen LogP contribution >= 0.6 is 27.5 Å². The molecule has 2 aromatic rings. The maximum Gasteiger partial charge on any atom is 0.252 e. The molecule has 0 spiro atoms. The fourth-order valence-corrected chi connectivity index (χ4v) is 3.16. The molecule has 1 N–H and O–H groups in total. The summed E-state index contributed by atoms with van der Waals surface area (Å²) in [5.41, 5.74) is 1.15. The molecule has 3 rings (SSSR count). The van der Waals surface area contributed by atoms with Crippen LogP contribution in [0.3, 0.4) is 0 Å². The van der Waals surface area contributed by atoms with Gasteiger partial charge in [-0.3, -0.25) is 4.79 Å². The quantitative estimate of drug-likeness (QED) is 0.813. The van der Waals surface area contributed by atoms with Gasteiger partial charge in [-0.15, -0.1) is 0 Å². The summed E-state index contributed by atoms with van der Waals surface area (Å²) in [6, 6.07) is 7.45. The topological polar surface area (TPSA) is 47.6 Å². The fourth-order valence-electron chi connectivity index (χ4n) is 2.34. The average Bonchev–Trinajstić information content (AvgIpc) is 2.78. The van der Waals surface area contributed by atoms with Crippen molar-refractivity contribution in [1.29, 1.82) is 0 Å². The summed E-state index contributed by atoms with van der Waals surface area (Å²) >= 11 is 9.41. The monoisotopic (exact) mass is 413 g/mol. The van der Waals surface area contributed by atoms with Crippen molar-refractivity contribution in [2.75, 3.05) is 13.2 Å². The van der Waals surface area contributed by atoms with Crippen LogP contribution in [0.25, 0.3) is 0 Å². The maximum absolute atomic E-state index is 13.1. The van der Waals surface area contributed by atoms with Crippen molar-refractivity contribution in [2.24, 2.45) is 0 Å². The molecular formula is C17H14BrClFNO3. The molecule has 2 aromatic carbocycles. The number of amides is 1. The van der Waals surface area contributed by atoms with Gasteiger partial charge < -0.3 is 14.8 Å². The van der Waals surface area contributed by atoms with Crippen molar-refractivity contribution in [3.8, 4) is 11.5 Å². The molecule has 4 nitrogen and oxygen atoms in total. The van der Waals surface area contributed by atoms with E-state index in [-0.39, 0.29) is 12.5 Å². The zero-order valence-corrected chi connectivity index (χ0v) is 14.9. The van der Waals surface area contributed by atoms with Crippen LogP contribution in [0.15, 0.2) is 34.8 Å². The van der Waals surface area contributed by atoms with Crippen LogP contribution in [0.4, 0.5) is 4.39 Å². The van der Waals surface area contributed by atoms with E-state index in [0.717, 1.165) is 12.0 Å². The Bertz CT molecular complexity index is 785. The Hall–Kier alpha value is -1.79. The molecule has 0 saturated carbocycles. The van der Waals surface area contributed by atoms with Crippen molar-refractivity contribution in [1.82, 2.24) is 5.32 Å². The largest absolute Gasteiger partial charge is 0.489 e. The molecule has 126 valence electrons. The Morgan fingerprint density at radius 1 is 1.25 bits per heavy atom.